The van der Waals surface area contributed by atoms with Gasteiger partial charge < -0.3 is 5.73 Å². The third-order valence-corrected chi connectivity index (χ3v) is 4.54. The summed E-state index contributed by atoms with van der Waals surface area (Å²) >= 11 is 0. The van der Waals surface area contributed by atoms with Gasteiger partial charge >= 0.3 is 6.03 Å². The van der Waals surface area contributed by atoms with Gasteiger partial charge in [0, 0.05) is 36.7 Å². The van der Waals surface area contributed by atoms with Crippen LogP contribution in [-0.2, 0) is 6.42 Å². The molecular formula is C19H16F2N8O. The van der Waals surface area contributed by atoms with E-state index >= 15 is 0 Å². The molecule has 0 aliphatic carbocycles. The van der Waals surface area contributed by atoms with Gasteiger partial charge in [0.15, 0.2) is 11.5 Å². The number of nitrogens with two attached hydrogens (primary N) is 1. The molecule has 0 fully saturated rings. The fourth-order valence-corrected chi connectivity index (χ4v) is 2.97. The summed E-state index contributed by atoms with van der Waals surface area (Å²) in [6.07, 6.45) is 1.30. The van der Waals surface area contributed by atoms with Crippen LogP contribution < -0.4 is 5.73 Å². The second-order valence-electron chi connectivity index (χ2n) is 6.55. The zero-order valence-electron chi connectivity index (χ0n) is 16.0. The summed E-state index contributed by atoms with van der Waals surface area (Å²) < 4.78 is 30.9. The highest BCUT2D eigenvalue weighted by Gasteiger charge is 2.18. The Morgan fingerprint density at radius 2 is 2.07 bits per heavy atom. The first-order valence-corrected chi connectivity index (χ1v) is 8.87. The Bertz CT molecular complexity index is 1320. The van der Waals surface area contributed by atoms with Gasteiger partial charge in [0.05, 0.1) is 11.2 Å². The molecule has 0 saturated carbocycles. The number of fused-ring (bicyclic) bond motifs is 2. The maximum atomic E-state index is 14.9. The van der Waals surface area contributed by atoms with Gasteiger partial charge in [0.25, 0.3) is 0 Å². The summed E-state index contributed by atoms with van der Waals surface area (Å²) in [6.45, 7) is 1.65. The van der Waals surface area contributed by atoms with Crippen molar-refractivity contribution in [2.45, 2.75) is 13.3 Å². The number of carbonyl (C=O) groups excluding carboxylic acids is 1. The molecule has 30 heavy (non-hydrogen) atoms. The van der Waals surface area contributed by atoms with E-state index in [-0.39, 0.29) is 28.7 Å². The van der Waals surface area contributed by atoms with Gasteiger partial charge in [-0.25, -0.2) is 18.6 Å². The van der Waals surface area contributed by atoms with Crippen LogP contribution >= 0.6 is 0 Å². The van der Waals surface area contributed by atoms with Crippen LogP contribution in [0, 0.1) is 11.6 Å². The SMILES string of the molecule is C/C(=N/N(C)C(N)=O)c1ccc2nnc(Cc3c(F)cc4ncccc4c3F)n2n1. The maximum Gasteiger partial charge on any atom is 0.334 e. The molecule has 3 aromatic heterocycles. The number of halogens is 2. The van der Waals surface area contributed by atoms with Crippen LogP contribution in [0.3, 0.4) is 0 Å². The molecule has 0 unspecified atom stereocenters. The molecule has 11 heteroatoms. The van der Waals surface area contributed by atoms with Crippen molar-refractivity contribution in [1.82, 2.24) is 29.8 Å². The molecule has 4 rings (SSSR count). The lowest BCUT2D eigenvalue weighted by Gasteiger charge is -2.09. The first-order chi connectivity index (χ1) is 14.3. The van der Waals surface area contributed by atoms with Gasteiger partial charge in [0.2, 0.25) is 0 Å². The van der Waals surface area contributed by atoms with E-state index in [4.69, 9.17) is 5.73 Å². The number of hydrazone groups is 1. The van der Waals surface area contributed by atoms with Crippen LogP contribution in [0.2, 0.25) is 0 Å². The second kappa shape index (κ2) is 7.43. The van der Waals surface area contributed by atoms with Gasteiger partial charge in [-0.1, -0.05) is 0 Å². The molecule has 0 spiro atoms. The molecule has 4 aromatic rings. The first kappa shape index (κ1) is 19.3. The Morgan fingerprint density at radius 3 is 2.83 bits per heavy atom. The number of amides is 2. The van der Waals surface area contributed by atoms with Crippen molar-refractivity contribution in [2.75, 3.05) is 7.05 Å². The molecule has 2 amide bonds. The average molecular weight is 410 g/mol. The zero-order valence-corrected chi connectivity index (χ0v) is 16.0. The van der Waals surface area contributed by atoms with E-state index < -0.39 is 17.7 Å². The minimum absolute atomic E-state index is 0.157. The van der Waals surface area contributed by atoms with Crippen molar-refractivity contribution in [1.29, 1.82) is 0 Å². The second-order valence-corrected chi connectivity index (χ2v) is 6.55. The number of hydrogen-bond donors (Lipinski definition) is 1. The van der Waals surface area contributed by atoms with E-state index in [0.29, 0.717) is 17.1 Å². The van der Waals surface area contributed by atoms with Crippen molar-refractivity contribution in [2.24, 2.45) is 10.8 Å². The molecule has 152 valence electrons. The molecule has 0 bridgehead atoms. The highest BCUT2D eigenvalue weighted by molar-refractivity contribution is 5.97. The smallest absolute Gasteiger partial charge is 0.334 e. The molecule has 0 saturated heterocycles. The van der Waals surface area contributed by atoms with Crippen LogP contribution in [0.1, 0.15) is 24.0 Å². The number of carbonyl (C=O) groups is 1. The van der Waals surface area contributed by atoms with Crippen molar-refractivity contribution in [3.05, 3.63) is 65.2 Å². The van der Waals surface area contributed by atoms with Gasteiger partial charge in [-0.3, -0.25) is 4.98 Å². The summed E-state index contributed by atoms with van der Waals surface area (Å²) in [4.78, 5) is 15.2. The summed E-state index contributed by atoms with van der Waals surface area (Å²) in [5, 5.41) is 17.6. The minimum Gasteiger partial charge on any atom is -0.350 e. The van der Waals surface area contributed by atoms with Gasteiger partial charge in [-0.2, -0.15) is 14.7 Å². The lowest BCUT2D eigenvalue weighted by molar-refractivity contribution is 0.220. The zero-order chi connectivity index (χ0) is 21.4. The average Bonchev–Trinajstić information content (AvgIpc) is 3.13. The maximum absolute atomic E-state index is 14.9. The van der Waals surface area contributed by atoms with Crippen molar-refractivity contribution in [3.8, 4) is 0 Å². The van der Waals surface area contributed by atoms with Gasteiger partial charge in [-0.15, -0.1) is 10.2 Å². The lowest BCUT2D eigenvalue weighted by atomic mass is 10.1. The van der Waals surface area contributed by atoms with Crippen molar-refractivity contribution in [3.63, 3.8) is 0 Å². The van der Waals surface area contributed by atoms with E-state index in [9.17, 15) is 13.6 Å². The lowest BCUT2D eigenvalue weighted by Crippen LogP contribution is -2.28. The molecule has 0 radical (unpaired) electrons. The third-order valence-electron chi connectivity index (χ3n) is 4.54. The number of nitrogens with zero attached hydrogens (tertiary/aromatic N) is 7. The molecule has 3 heterocycles. The number of benzene rings is 1. The molecule has 0 atom stereocenters. The Balaban J connectivity index is 1.76. The Kier molecular flexibility index (Phi) is 4.78. The Morgan fingerprint density at radius 1 is 1.27 bits per heavy atom. The molecule has 0 aliphatic heterocycles. The number of hydrogen-bond acceptors (Lipinski definition) is 6. The van der Waals surface area contributed by atoms with Crippen LogP contribution in [0.25, 0.3) is 16.6 Å². The van der Waals surface area contributed by atoms with Gasteiger partial charge in [0.1, 0.15) is 17.3 Å². The van der Waals surface area contributed by atoms with Crippen molar-refractivity contribution < 1.29 is 13.6 Å². The topological polar surface area (TPSA) is 115 Å². The summed E-state index contributed by atoms with van der Waals surface area (Å²) in [6, 6.07) is 6.86. The summed E-state index contributed by atoms with van der Waals surface area (Å²) in [5.41, 5.74) is 6.47. The monoisotopic (exact) mass is 410 g/mol. The third kappa shape index (κ3) is 3.41. The predicted molar refractivity (Wildman–Crippen MR) is 105 cm³/mol. The fraction of sp³-hybridized carbons (Fsp3) is 0.158. The van der Waals surface area contributed by atoms with E-state index in [0.717, 1.165) is 5.01 Å². The molecule has 1 aromatic carbocycles. The van der Waals surface area contributed by atoms with E-state index in [1.54, 1.807) is 25.1 Å². The highest BCUT2D eigenvalue weighted by Crippen LogP contribution is 2.24. The number of urea groups is 1. The van der Waals surface area contributed by atoms with Crippen LogP contribution in [0.5, 0.6) is 0 Å². The van der Waals surface area contributed by atoms with E-state index in [1.165, 1.54) is 29.9 Å². The van der Waals surface area contributed by atoms with Gasteiger partial charge in [-0.05, 0) is 31.2 Å². The Labute approximate surface area is 168 Å². The standard InChI is InChI=1S/C19H16F2N8O/c1-10(26-28(2)19(22)30)14-5-6-16-24-25-17(29(16)27-14)8-12-13(20)9-15-11(18(12)21)4-3-7-23-15/h3-7,9H,8H2,1-2H3,(H2,22,30)/b26-10-. The van der Waals surface area contributed by atoms with E-state index in [2.05, 4.69) is 25.4 Å². The largest absolute Gasteiger partial charge is 0.350 e. The molecule has 2 N–H and O–H groups in total. The first-order valence-electron chi connectivity index (χ1n) is 8.87. The summed E-state index contributed by atoms with van der Waals surface area (Å²) in [5.74, 6) is -1.19. The highest BCUT2D eigenvalue weighted by atomic mass is 19.1. The molecule has 0 aliphatic rings. The van der Waals surface area contributed by atoms with E-state index in [1.807, 2.05) is 0 Å². The normalized spacial score (nSPS) is 11.9. The quantitative estimate of drug-likeness (QED) is 0.409. The molecule has 9 nitrogen and oxygen atoms in total. The number of rotatable bonds is 4. The summed E-state index contributed by atoms with van der Waals surface area (Å²) in [7, 11) is 1.41. The molecular weight excluding hydrogens is 394 g/mol. The van der Waals surface area contributed by atoms with Crippen molar-refractivity contribution >= 4 is 28.3 Å². The number of aromatic nitrogens is 5. The Hall–Kier alpha value is -4.02. The predicted octanol–water partition coefficient (Wildman–Crippen LogP) is 2.28. The van der Waals surface area contributed by atoms with Crippen LogP contribution in [0.15, 0.2) is 41.6 Å². The fourth-order valence-electron chi connectivity index (χ4n) is 2.97. The minimum atomic E-state index is -0.729. The number of primary amides is 1. The number of pyridine rings is 1. The van der Waals surface area contributed by atoms with Crippen LogP contribution in [0.4, 0.5) is 13.6 Å². The van der Waals surface area contributed by atoms with Crippen LogP contribution in [-0.4, -0.2) is 48.6 Å².